The highest BCUT2D eigenvalue weighted by molar-refractivity contribution is 7.99. The lowest BCUT2D eigenvalue weighted by atomic mass is 9.81. The maximum atomic E-state index is 5.84. The smallest absolute Gasteiger partial charge is 0.231 e. The summed E-state index contributed by atoms with van der Waals surface area (Å²) in [6.07, 6.45) is 11.0. The zero-order chi connectivity index (χ0) is 25.9. The molecule has 0 saturated carbocycles. The van der Waals surface area contributed by atoms with Crippen LogP contribution in [-0.2, 0) is 10.8 Å². The van der Waals surface area contributed by atoms with Crippen molar-refractivity contribution in [3.8, 4) is 17.2 Å². The third kappa shape index (κ3) is 3.63. The van der Waals surface area contributed by atoms with E-state index in [9.17, 15) is 0 Å². The number of rotatable bonds is 5. The van der Waals surface area contributed by atoms with Crippen LogP contribution < -0.4 is 19.1 Å². The predicted molar refractivity (Wildman–Crippen MR) is 151 cm³/mol. The molecule has 0 amide bonds. The van der Waals surface area contributed by atoms with Crippen molar-refractivity contribution in [2.45, 2.75) is 57.3 Å². The highest BCUT2D eigenvalue weighted by Crippen LogP contribution is 2.52. The van der Waals surface area contributed by atoms with Crippen molar-refractivity contribution in [3.05, 3.63) is 71.5 Å². The molecule has 0 aromatic heterocycles. The van der Waals surface area contributed by atoms with Crippen LogP contribution in [0.5, 0.6) is 17.2 Å². The van der Waals surface area contributed by atoms with Crippen LogP contribution in [0.2, 0.25) is 0 Å². The van der Waals surface area contributed by atoms with Crippen molar-refractivity contribution in [1.29, 1.82) is 0 Å². The molecule has 2 aromatic rings. The van der Waals surface area contributed by atoms with Crippen molar-refractivity contribution in [1.82, 2.24) is 0 Å². The maximum Gasteiger partial charge on any atom is 0.231 e. The van der Waals surface area contributed by atoms with Crippen molar-refractivity contribution in [2.75, 3.05) is 30.7 Å². The van der Waals surface area contributed by atoms with Gasteiger partial charge in [0.1, 0.15) is 18.2 Å². The van der Waals surface area contributed by atoms with Crippen LogP contribution in [0.4, 0.5) is 11.4 Å². The fourth-order valence-electron chi connectivity index (χ4n) is 6.16. The van der Waals surface area contributed by atoms with Crippen LogP contribution >= 0.6 is 11.8 Å². The first-order chi connectivity index (χ1) is 17.8. The Morgan fingerprint density at radius 2 is 1.68 bits per heavy atom. The van der Waals surface area contributed by atoms with E-state index in [1.165, 1.54) is 38.8 Å². The van der Waals surface area contributed by atoms with Crippen LogP contribution in [-0.4, -0.2) is 36.1 Å². The summed E-state index contributed by atoms with van der Waals surface area (Å²) >= 11 is 1.78. The normalized spacial score (nSPS) is 21.4. The summed E-state index contributed by atoms with van der Waals surface area (Å²) in [6, 6.07) is 8.84. The molecule has 192 valence electrons. The summed E-state index contributed by atoms with van der Waals surface area (Å²) in [5, 5.41) is 0. The SMILES string of the molecule is CCN1\C(=C/C=C/C=C/C2=[N+](CC)c3cc4c(cc3C2(C)C)SCO4)C(C)(C)c2cc3c(cc21)OCO3. The van der Waals surface area contributed by atoms with Gasteiger partial charge >= 0.3 is 0 Å². The molecule has 4 aliphatic rings. The predicted octanol–water partition coefficient (Wildman–Crippen LogP) is 7.07. The van der Waals surface area contributed by atoms with Crippen LogP contribution in [0.1, 0.15) is 52.7 Å². The van der Waals surface area contributed by atoms with Crippen molar-refractivity contribution < 1.29 is 18.8 Å². The third-order valence-corrected chi connectivity index (χ3v) is 9.00. The van der Waals surface area contributed by atoms with Gasteiger partial charge in [0.15, 0.2) is 17.2 Å². The van der Waals surface area contributed by atoms with Crippen molar-refractivity contribution in [2.24, 2.45) is 0 Å². The number of hydrogen-bond donors (Lipinski definition) is 0. The molecule has 0 N–H and O–H groups in total. The Kier molecular flexibility index (Phi) is 5.72. The number of thioether (sulfide) groups is 1. The van der Waals surface area contributed by atoms with Gasteiger partial charge in [-0.2, -0.15) is 4.58 Å². The molecule has 4 heterocycles. The number of ether oxygens (including phenoxy) is 3. The Morgan fingerprint density at radius 1 is 0.892 bits per heavy atom. The number of anilines is 1. The summed E-state index contributed by atoms with van der Waals surface area (Å²) in [5.41, 5.74) is 7.54. The van der Waals surface area contributed by atoms with Gasteiger partial charge < -0.3 is 19.1 Å². The van der Waals surface area contributed by atoms with Crippen LogP contribution in [0, 0.1) is 0 Å². The topological polar surface area (TPSA) is 33.9 Å². The Hall–Kier alpha value is -3.12. The molecule has 0 saturated heterocycles. The third-order valence-electron chi connectivity index (χ3n) is 8.14. The Labute approximate surface area is 224 Å². The van der Waals surface area contributed by atoms with Crippen LogP contribution in [0.25, 0.3) is 0 Å². The second-order valence-electron chi connectivity index (χ2n) is 10.9. The summed E-state index contributed by atoms with van der Waals surface area (Å²) < 4.78 is 19.6. The molecule has 4 aliphatic heterocycles. The highest BCUT2D eigenvalue weighted by atomic mass is 32.2. The molecule has 0 unspecified atom stereocenters. The van der Waals surface area contributed by atoms with E-state index in [0.717, 1.165) is 30.3 Å². The number of nitrogens with zero attached hydrogens (tertiary/aromatic N) is 2. The van der Waals surface area contributed by atoms with E-state index < -0.39 is 0 Å². The fourth-order valence-corrected chi connectivity index (χ4v) is 6.93. The van der Waals surface area contributed by atoms with Gasteiger partial charge in [0.25, 0.3) is 0 Å². The van der Waals surface area contributed by atoms with E-state index in [-0.39, 0.29) is 10.8 Å². The molecule has 2 aromatic carbocycles. The van der Waals surface area contributed by atoms with E-state index in [4.69, 9.17) is 14.2 Å². The standard InChI is InChI=1S/C31H35N2O3S/c1-7-32-22-16-25-24(34-18-35-25)14-20(22)30(3,4)28(32)12-10-9-11-13-29-31(5,6)21-15-27-26(36-19-37-27)17-23(21)33(29)8-2/h9-17H,7-8,18-19H2,1-6H3/q+1. The first-order valence-electron chi connectivity index (χ1n) is 13.1. The summed E-state index contributed by atoms with van der Waals surface area (Å²) in [5.74, 6) is 3.40. The molecule has 5 nitrogen and oxygen atoms in total. The molecule has 0 bridgehead atoms. The Bertz CT molecular complexity index is 1410. The lowest BCUT2D eigenvalue weighted by Crippen LogP contribution is -2.27. The highest BCUT2D eigenvalue weighted by Gasteiger charge is 2.45. The van der Waals surface area contributed by atoms with Gasteiger partial charge in [0.2, 0.25) is 12.5 Å². The summed E-state index contributed by atoms with van der Waals surface area (Å²) in [6.45, 7) is 15.7. The van der Waals surface area contributed by atoms with E-state index in [0.29, 0.717) is 12.7 Å². The number of allylic oxidation sites excluding steroid dienone is 6. The van der Waals surface area contributed by atoms with Gasteiger partial charge in [-0.05, 0) is 51.5 Å². The first kappa shape index (κ1) is 24.2. The summed E-state index contributed by atoms with van der Waals surface area (Å²) in [4.78, 5) is 3.64. The minimum absolute atomic E-state index is 0.0645. The number of benzene rings is 2. The average molecular weight is 516 g/mol. The van der Waals surface area contributed by atoms with Gasteiger partial charge in [0, 0.05) is 41.1 Å². The Morgan fingerprint density at radius 3 is 2.43 bits per heavy atom. The lowest BCUT2D eigenvalue weighted by molar-refractivity contribution is -0.433. The first-order valence-corrected chi connectivity index (χ1v) is 14.1. The largest absolute Gasteiger partial charge is 0.481 e. The van der Waals surface area contributed by atoms with Crippen molar-refractivity contribution >= 4 is 28.8 Å². The van der Waals surface area contributed by atoms with Gasteiger partial charge in [-0.25, -0.2) is 0 Å². The second kappa shape index (κ2) is 8.73. The van der Waals surface area contributed by atoms with E-state index in [1.807, 2.05) is 0 Å². The molecule has 0 spiro atoms. The molecule has 0 radical (unpaired) electrons. The van der Waals surface area contributed by atoms with Crippen LogP contribution in [0.3, 0.4) is 0 Å². The van der Waals surface area contributed by atoms with Crippen LogP contribution in [0.15, 0.2) is 65.2 Å². The molecule has 0 fully saturated rings. The lowest BCUT2D eigenvalue weighted by Gasteiger charge is -2.25. The molecular weight excluding hydrogens is 480 g/mol. The van der Waals surface area contributed by atoms with E-state index in [1.54, 1.807) is 11.8 Å². The minimum Gasteiger partial charge on any atom is -0.481 e. The second-order valence-corrected chi connectivity index (χ2v) is 11.8. The molecule has 6 rings (SSSR count). The molecule has 0 aliphatic carbocycles. The van der Waals surface area contributed by atoms with Gasteiger partial charge in [-0.1, -0.05) is 43.8 Å². The molecule has 0 atom stereocenters. The maximum absolute atomic E-state index is 5.84. The number of likely N-dealkylation sites (N-methyl/N-ethyl adjacent to an activating group) is 1. The van der Waals surface area contributed by atoms with Crippen molar-refractivity contribution in [3.63, 3.8) is 0 Å². The Balaban J connectivity index is 1.28. The minimum atomic E-state index is -0.121. The fraction of sp³-hybridized carbons (Fsp3) is 0.387. The van der Waals surface area contributed by atoms with E-state index >= 15 is 0 Å². The molecule has 6 heteroatoms. The molecule has 37 heavy (non-hydrogen) atoms. The van der Waals surface area contributed by atoms with Gasteiger partial charge in [0.05, 0.1) is 16.4 Å². The quantitative estimate of drug-likeness (QED) is 0.314. The molecular formula is C31H35N2O3S+. The van der Waals surface area contributed by atoms with Gasteiger partial charge in [-0.3, -0.25) is 0 Å². The number of hydrogen-bond acceptors (Lipinski definition) is 5. The average Bonchev–Trinajstić information content (AvgIpc) is 3.61. The zero-order valence-corrected chi connectivity index (χ0v) is 23.4. The number of fused-ring (bicyclic) bond motifs is 4. The van der Waals surface area contributed by atoms with Gasteiger partial charge in [-0.15, -0.1) is 0 Å². The zero-order valence-electron chi connectivity index (χ0n) is 22.6. The van der Waals surface area contributed by atoms with E-state index in [2.05, 4.69) is 106 Å². The summed E-state index contributed by atoms with van der Waals surface area (Å²) in [7, 11) is 0. The monoisotopic (exact) mass is 515 g/mol.